The first-order chi connectivity index (χ1) is 3.79. The van der Waals surface area contributed by atoms with Crippen molar-refractivity contribution in [3.63, 3.8) is 0 Å². The summed E-state index contributed by atoms with van der Waals surface area (Å²) in [6.45, 7) is 4.85. The van der Waals surface area contributed by atoms with Crippen LogP contribution in [0.15, 0.2) is 0 Å². The first-order valence-electron chi connectivity index (χ1n) is 2.60. The van der Waals surface area contributed by atoms with E-state index in [1.165, 1.54) is 26.2 Å². The van der Waals surface area contributed by atoms with Gasteiger partial charge in [0, 0.05) is 71.9 Å². The molecule has 8 heavy (non-hydrogen) atoms. The Balaban J connectivity index is 2.19. The number of piperazine rings is 1. The average Bonchev–Trinajstić information content (AvgIpc) is 1.77. The summed E-state index contributed by atoms with van der Waals surface area (Å²) >= 11 is 4.74. The molecule has 0 unspecified atom stereocenters. The van der Waals surface area contributed by atoms with Gasteiger partial charge in [0.15, 0.2) is 0 Å². The van der Waals surface area contributed by atoms with Gasteiger partial charge in [-0.05, 0) is 0 Å². The lowest BCUT2D eigenvalue weighted by atomic mass is 10.4. The van der Waals surface area contributed by atoms with Gasteiger partial charge in [0.25, 0.3) is 0 Å². The molecule has 4 heteroatoms. The maximum absolute atomic E-state index is 2.37. The Bertz CT molecular complexity index is 60.4. The molecule has 0 aliphatic carbocycles. The number of nitrogens with zero attached hydrogens (tertiary/aromatic N) is 2. The normalized spacial score (nSPS) is 26.2. The standard InChI is InChI=1S/C4H8I2N2/c5-7-1-2-8(6)4-3-7/h1-4H2. The lowest BCUT2D eigenvalue weighted by Gasteiger charge is -2.25. The van der Waals surface area contributed by atoms with Gasteiger partial charge in [0.1, 0.15) is 0 Å². The van der Waals surface area contributed by atoms with E-state index in [0.29, 0.717) is 0 Å². The second-order valence-corrected chi connectivity index (χ2v) is 4.55. The Labute approximate surface area is 77.6 Å². The molecule has 0 aromatic rings. The van der Waals surface area contributed by atoms with Crippen LogP contribution in [0.5, 0.6) is 0 Å². The minimum absolute atomic E-state index is 1.21. The van der Waals surface area contributed by atoms with Crippen molar-refractivity contribution in [1.29, 1.82) is 0 Å². The molecule has 1 aliphatic rings. The van der Waals surface area contributed by atoms with Gasteiger partial charge in [-0.25, -0.2) is 6.23 Å². The first-order valence-corrected chi connectivity index (χ1v) is 4.53. The molecule has 0 aromatic carbocycles. The zero-order valence-electron chi connectivity index (χ0n) is 4.48. The Morgan fingerprint density at radius 3 is 1.25 bits per heavy atom. The van der Waals surface area contributed by atoms with Crippen molar-refractivity contribution in [3.8, 4) is 0 Å². The van der Waals surface area contributed by atoms with Gasteiger partial charge in [0.2, 0.25) is 0 Å². The highest BCUT2D eigenvalue weighted by atomic mass is 127. The average molecular weight is 338 g/mol. The SMILES string of the molecule is IN1CCN(I)CC1. The molecule has 2 nitrogen and oxygen atoms in total. The number of halogens is 2. The first kappa shape index (κ1) is 7.49. The van der Waals surface area contributed by atoms with Crippen molar-refractivity contribution in [2.75, 3.05) is 26.2 Å². The fraction of sp³-hybridized carbons (Fsp3) is 1.00. The van der Waals surface area contributed by atoms with E-state index in [1.807, 2.05) is 0 Å². The molecule has 1 fully saturated rings. The molecule has 0 bridgehead atoms. The van der Waals surface area contributed by atoms with Gasteiger partial charge in [-0.3, -0.25) is 0 Å². The predicted molar refractivity (Wildman–Crippen MR) is 51.2 cm³/mol. The smallest absolute Gasteiger partial charge is 0.0218 e. The summed E-state index contributed by atoms with van der Waals surface area (Å²) in [4.78, 5) is 0. The third-order valence-corrected chi connectivity index (χ3v) is 3.10. The van der Waals surface area contributed by atoms with Gasteiger partial charge < -0.3 is 0 Å². The molecule has 0 atom stereocenters. The van der Waals surface area contributed by atoms with Crippen LogP contribution in [0.1, 0.15) is 0 Å². The molecule has 1 aliphatic heterocycles. The fourth-order valence-electron chi connectivity index (χ4n) is 0.658. The second kappa shape index (κ2) is 3.52. The molecule has 0 saturated carbocycles. The minimum Gasteiger partial charge on any atom is -0.245 e. The third-order valence-electron chi connectivity index (χ3n) is 1.17. The van der Waals surface area contributed by atoms with Crippen LogP contribution in [0.25, 0.3) is 0 Å². The number of hydrogen-bond donors (Lipinski definition) is 0. The summed E-state index contributed by atoms with van der Waals surface area (Å²) in [5, 5.41) is 0. The molecule has 1 saturated heterocycles. The van der Waals surface area contributed by atoms with Crippen LogP contribution in [0, 0.1) is 0 Å². The van der Waals surface area contributed by atoms with Gasteiger partial charge in [-0.1, -0.05) is 0 Å². The maximum Gasteiger partial charge on any atom is 0.0218 e. The van der Waals surface area contributed by atoms with E-state index >= 15 is 0 Å². The molecule has 0 aromatic heterocycles. The van der Waals surface area contributed by atoms with Gasteiger partial charge in [0.05, 0.1) is 0 Å². The van der Waals surface area contributed by atoms with Crippen LogP contribution < -0.4 is 0 Å². The molecule has 0 radical (unpaired) electrons. The summed E-state index contributed by atoms with van der Waals surface area (Å²) in [5.41, 5.74) is 0. The van der Waals surface area contributed by atoms with E-state index in [0.717, 1.165) is 0 Å². The lowest BCUT2D eigenvalue weighted by molar-refractivity contribution is 0.346. The van der Waals surface area contributed by atoms with Gasteiger partial charge >= 0.3 is 0 Å². The second-order valence-electron chi connectivity index (χ2n) is 1.82. The molecule has 1 heterocycles. The Morgan fingerprint density at radius 1 is 0.750 bits per heavy atom. The van der Waals surface area contributed by atoms with Crippen molar-refractivity contribution in [2.24, 2.45) is 0 Å². The molecular weight excluding hydrogens is 330 g/mol. The van der Waals surface area contributed by atoms with E-state index in [1.54, 1.807) is 0 Å². The molecular formula is C4H8I2N2. The summed E-state index contributed by atoms with van der Waals surface area (Å²) in [7, 11) is 0. The number of hydrogen-bond acceptors (Lipinski definition) is 2. The largest absolute Gasteiger partial charge is 0.245 e. The predicted octanol–water partition coefficient (Wildman–Crippen LogP) is 1.30. The van der Waals surface area contributed by atoms with Crippen molar-refractivity contribution in [2.45, 2.75) is 0 Å². The monoisotopic (exact) mass is 338 g/mol. The zero-order valence-corrected chi connectivity index (χ0v) is 8.79. The molecule has 48 valence electrons. The van der Waals surface area contributed by atoms with E-state index in [-0.39, 0.29) is 0 Å². The minimum atomic E-state index is 1.21. The maximum atomic E-state index is 2.37. The quantitative estimate of drug-likeness (QED) is 0.486. The van der Waals surface area contributed by atoms with Crippen molar-refractivity contribution in [3.05, 3.63) is 0 Å². The van der Waals surface area contributed by atoms with E-state index in [4.69, 9.17) is 0 Å². The Morgan fingerprint density at radius 2 is 1.00 bits per heavy atom. The summed E-state index contributed by atoms with van der Waals surface area (Å²) in [6, 6.07) is 0. The van der Waals surface area contributed by atoms with Crippen LogP contribution in [0.2, 0.25) is 0 Å². The topological polar surface area (TPSA) is 6.48 Å². The highest BCUT2D eigenvalue weighted by Crippen LogP contribution is 2.08. The van der Waals surface area contributed by atoms with Crippen LogP contribution in [0.4, 0.5) is 0 Å². The van der Waals surface area contributed by atoms with Gasteiger partial charge in [-0.2, -0.15) is 0 Å². The van der Waals surface area contributed by atoms with Gasteiger partial charge in [-0.15, -0.1) is 0 Å². The molecule has 1 rings (SSSR count). The Kier molecular flexibility index (Phi) is 3.30. The van der Waals surface area contributed by atoms with Crippen molar-refractivity contribution < 1.29 is 0 Å². The third kappa shape index (κ3) is 2.32. The van der Waals surface area contributed by atoms with Crippen LogP contribution >= 0.6 is 45.7 Å². The summed E-state index contributed by atoms with van der Waals surface area (Å²) < 4.78 is 4.65. The fourth-order valence-corrected chi connectivity index (χ4v) is 1.52. The highest BCUT2D eigenvalue weighted by molar-refractivity contribution is 14.1. The van der Waals surface area contributed by atoms with E-state index < -0.39 is 0 Å². The zero-order chi connectivity index (χ0) is 5.98. The van der Waals surface area contributed by atoms with Crippen LogP contribution in [-0.2, 0) is 0 Å². The summed E-state index contributed by atoms with van der Waals surface area (Å²) in [6.07, 6.45) is 0. The molecule has 0 N–H and O–H groups in total. The Hall–Kier alpha value is 1.38. The van der Waals surface area contributed by atoms with E-state index in [2.05, 4.69) is 52.0 Å². The van der Waals surface area contributed by atoms with Crippen LogP contribution in [0.3, 0.4) is 0 Å². The highest BCUT2D eigenvalue weighted by Gasteiger charge is 2.10. The van der Waals surface area contributed by atoms with Crippen LogP contribution in [-0.4, -0.2) is 32.4 Å². The van der Waals surface area contributed by atoms with E-state index in [9.17, 15) is 0 Å². The number of rotatable bonds is 0. The molecule has 0 spiro atoms. The summed E-state index contributed by atoms with van der Waals surface area (Å²) in [5.74, 6) is 0. The lowest BCUT2D eigenvalue weighted by Crippen LogP contribution is -2.36. The molecule has 0 amide bonds. The van der Waals surface area contributed by atoms with Crippen molar-refractivity contribution in [1.82, 2.24) is 6.23 Å². The van der Waals surface area contributed by atoms with Crippen molar-refractivity contribution >= 4 is 45.7 Å².